The van der Waals surface area contributed by atoms with Crippen LogP contribution in [0.3, 0.4) is 0 Å². The third kappa shape index (κ3) is 7.69. The smallest absolute Gasteiger partial charge is 0.129 e. The highest BCUT2D eigenvalue weighted by Gasteiger charge is 2.45. The molecule has 3 heterocycles. The topological polar surface area (TPSA) is 71.0 Å². The lowest BCUT2D eigenvalue weighted by atomic mass is 10.1. The Morgan fingerprint density at radius 3 is 1.20 bits per heavy atom. The summed E-state index contributed by atoms with van der Waals surface area (Å²) in [7, 11) is 3.80. The van der Waals surface area contributed by atoms with Crippen molar-refractivity contribution in [3.8, 4) is 0 Å². The average Bonchev–Trinajstić information content (AvgIpc) is 2.69. The van der Waals surface area contributed by atoms with Gasteiger partial charge in [-0.1, -0.05) is 0 Å². The summed E-state index contributed by atoms with van der Waals surface area (Å²) >= 11 is 0. The third-order valence-electron chi connectivity index (χ3n) is 7.48. The fraction of sp³-hybridized carbons (Fsp3) is 1.00. The summed E-state index contributed by atoms with van der Waals surface area (Å²) in [6.45, 7) is 17.7. The SMILES string of the molecule is CNCC(O)CN1CC[N+]2(CC1)CC[N+]1(CCN(CC(O)CNC)CC1)CC2.[Cl-].[Cl-]. The molecule has 0 aromatic heterocycles. The number of aliphatic hydroxyl groups excluding tert-OH is 2. The maximum atomic E-state index is 10.0. The zero-order valence-corrected chi connectivity index (χ0v) is 20.4. The predicted octanol–water partition coefficient (Wildman–Crippen LogP) is -8.57. The molecule has 0 aromatic carbocycles. The summed E-state index contributed by atoms with van der Waals surface area (Å²) < 4.78 is 2.59. The van der Waals surface area contributed by atoms with Gasteiger partial charge in [0, 0.05) is 52.4 Å². The van der Waals surface area contributed by atoms with E-state index in [1.807, 2.05) is 14.1 Å². The quantitative estimate of drug-likeness (QED) is 0.264. The Hall–Kier alpha value is 0.260. The molecule has 180 valence electrons. The fourth-order valence-corrected chi connectivity index (χ4v) is 5.39. The van der Waals surface area contributed by atoms with Gasteiger partial charge >= 0.3 is 0 Å². The van der Waals surface area contributed by atoms with Crippen LogP contribution < -0.4 is 35.4 Å². The van der Waals surface area contributed by atoms with Crippen LogP contribution in [0.2, 0.25) is 0 Å². The van der Waals surface area contributed by atoms with Crippen molar-refractivity contribution in [1.82, 2.24) is 20.4 Å². The molecule has 0 aromatic rings. The molecule has 8 nitrogen and oxygen atoms in total. The van der Waals surface area contributed by atoms with Crippen molar-refractivity contribution in [3.05, 3.63) is 0 Å². The lowest BCUT2D eigenvalue weighted by Crippen LogP contribution is -3.00. The molecule has 3 rings (SSSR count). The van der Waals surface area contributed by atoms with Gasteiger partial charge in [0.05, 0.1) is 38.4 Å². The molecule has 2 spiro atoms. The van der Waals surface area contributed by atoms with Gasteiger partial charge in [-0.15, -0.1) is 0 Å². The second-order valence-corrected chi connectivity index (χ2v) is 9.50. The number of hydrogen-bond donors (Lipinski definition) is 4. The first kappa shape index (κ1) is 28.3. The van der Waals surface area contributed by atoms with Crippen LogP contribution in [0.25, 0.3) is 0 Å². The number of likely N-dealkylation sites (N-methyl/N-ethyl adjacent to an activating group) is 2. The molecule has 0 amide bonds. The molecule has 0 bridgehead atoms. The molecule has 10 heteroatoms. The Kier molecular flexibility index (Phi) is 12.3. The number of nitrogens with zero attached hydrogens (tertiary/aromatic N) is 4. The molecule has 0 aliphatic carbocycles. The second kappa shape index (κ2) is 13.1. The van der Waals surface area contributed by atoms with Gasteiger partial charge in [0.2, 0.25) is 0 Å². The Balaban J connectivity index is 0.00000225. The number of β-amino-alcohol motifs (C(OH)–C–C–N with tert-alkyl or cyclic N) is 2. The molecule has 2 unspecified atom stereocenters. The minimum atomic E-state index is -0.255. The van der Waals surface area contributed by atoms with Crippen molar-refractivity contribution < 1.29 is 44.0 Å². The van der Waals surface area contributed by atoms with Crippen LogP contribution >= 0.6 is 0 Å². The molecule has 0 saturated carbocycles. The molecule has 2 atom stereocenters. The second-order valence-electron chi connectivity index (χ2n) is 9.50. The van der Waals surface area contributed by atoms with Gasteiger partial charge in [-0.3, -0.25) is 9.80 Å². The van der Waals surface area contributed by atoms with Crippen LogP contribution in [0.4, 0.5) is 0 Å². The summed E-state index contributed by atoms with van der Waals surface area (Å²) in [5.41, 5.74) is 0. The van der Waals surface area contributed by atoms with E-state index in [-0.39, 0.29) is 37.0 Å². The summed E-state index contributed by atoms with van der Waals surface area (Å²) in [6.07, 6.45) is -0.510. The minimum Gasteiger partial charge on any atom is -1.00 e. The molecule has 3 fully saturated rings. The fourth-order valence-electron chi connectivity index (χ4n) is 5.39. The van der Waals surface area contributed by atoms with E-state index in [1.54, 1.807) is 0 Å². The van der Waals surface area contributed by atoms with Crippen molar-refractivity contribution in [3.63, 3.8) is 0 Å². The first-order valence-corrected chi connectivity index (χ1v) is 11.3. The van der Waals surface area contributed by atoms with Gasteiger partial charge in [-0.2, -0.15) is 0 Å². The normalized spacial score (nSPS) is 26.0. The molecular weight excluding hydrogens is 427 g/mol. The summed E-state index contributed by atoms with van der Waals surface area (Å²) in [5, 5.41) is 26.2. The van der Waals surface area contributed by atoms with Crippen LogP contribution in [0.5, 0.6) is 0 Å². The molecule has 4 N–H and O–H groups in total. The Bertz CT molecular complexity index is 420. The van der Waals surface area contributed by atoms with Crippen molar-refractivity contribution in [2.75, 3.05) is 119 Å². The van der Waals surface area contributed by atoms with E-state index in [9.17, 15) is 10.2 Å². The first-order chi connectivity index (χ1) is 13.5. The monoisotopic (exact) mass is 470 g/mol. The lowest BCUT2D eigenvalue weighted by molar-refractivity contribution is -1.03. The number of halogens is 2. The van der Waals surface area contributed by atoms with Crippen LogP contribution in [0.15, 0.2) is 0 Å². The standard InChI is InChI=1S/C20H44N6O2.2ClH/c1-21-15-19(27)17-23-3-7-25(8-4-23)11-13-26(14-12-25)9-5-24(6-10-26)18-20(28)16-22-2;;/h19-22,27-28H,3-18H2,1-2H3;2*1H/q+2;;/p-2. The summed E-state index contributed by atoms with van der Waals surface area (Å²) in [5.74, 6) is 0. The Morgan fingerprint density at radius 1 is 0.633 bits per heavy atom. The molecule has 0 radical (unpaired) electrons. The highest BCUT2D eigenvalue weighted by atomic mass is 35.5. The van der Waals surface area contributed by atoms with E-state index in [2.05, 4.69) is 20.4 Å². The molecular formula is C20H44Cl2N6O2. The Morgan fingerprint density at radius 2 is 0.933 bits per heavy atom. The van der Waals surface area contributed by atoms with E-state index < -0.39 is 0 Å². The predicted molar refractivity (Wildman–Crippen MR) is 112 cm³/mol. The maximum absolute atomic E-state index is 10.0. The maximum Gasteiger partial charge on any atom is 0.129 e. The number of rotatable bonds is 8. The van der Waals surface area contributed by atoms with Crippen LogP contribution in [-0.4, -0.2) is 160 Å². The zero-order valence-electron chi connectivity index (χ0n) is 18.9. The van der Waals surface area contributed by atoms with Gasteiger partial charge in [0.25, 0.3) is 0 Å². The van der Waals surface area contributed by atoms with Crippen LogP contribution in [0, 0.1) is 0 Å². The number of nitrogens with one attached hydrogen (secondary N) is 2. The number of aliphatic hydroxyl groups is 2. The van der Waals surface area contributed by atoms with Gasteiger partial charge < -0.3 is 54.6 Å². The highest BCUT2D eigenvalue weighted by Crippen LogP contribution is 2.24. The van der Waals surface area contributed by atoms with E-state index >= 15 is 0 Å². The van der Waals surface area contributed by atoms with Crippen LogP contribution in [-0.2, 0) is 0 Å². The first-order valence-electron chi connectivity index (χ1n) is 11.3. The average molecular weight is 472 g/mol. The van der Waals surface area contributed by atoms with Crippen molar-refractivity contribution in [1.29, 1.82) is 0 Å². The minimum absolute atomic E-state index is 0. The van der Waals surface area contributed by atoms with E-state index in [0.29, 0.717) is 13.1 Å². The van der Waals surface area contributed by atoms with E-state index in [0.717, 1.165) is 39.3 Å². The molecule has 3 saturated heterocycles. The summed E-state index contributed by atoms with van der Waals surface area (Å²) in [6, 6.07) is 0. The lowest BCUT2D eigenvalue weighted by Gasteiger charge is -2.54. The highest BCUT2D eigenvalue weighted by molar-refractivity contribution is 4.73. The zero-order chi connectivity index (χ0) is 20.0. The van der Waals surface area contributed by atoms with Gasteiger partial charge in [0.15, 0.2) is 0 Å². The van der Waals surface area contributed by atoms with E-state index in [1.165, 1.54) is 61.3 Å². The third-order valence-corrected chi connectivity index (χ3v) is 7.48. The molecule has 3 aliphatic heterocycles. The van der Waals surface area contributed by atoms with Crippen LogP contribution in [0.1, 0.15) is 0 Å². The number of piperazine rings is 3. The van der Waals surface area contributed by atoms with Gasteiger partial charge in [-0.25, -0.2) is 0 Å². The summed E-state index contributed by atoms with van der Waals surface area (Å²) in [4.78, 5) is 4.89. The molecule has 3 aliphatic rings. The van der Waals surface area contributed by atoms with Gasteiger partial charge in [-0.05, 0) is 14.1 Å². The van der Waals surface area contributed by atoms with Crippen molar-refractivity contribution >= 4 is 0 Å². The van der Waals surface area contributed by atoms with E-state index in [4.69, 9.17) is 0 Å². The number of hydrogen-bond acceptors (Lipinski definition) is 6. The van der Waals surface area contributed by atoms with Gasteiger partial charge in [0.1, 0.15) is 26.2 Å². The molecule has 30 heavy (non-hydrogen) atoms. The Labute approximate surface area is 195 Å². The van der Waals surface area contributed by atoms with Crippen molar-refractivity contribution in [2.45, 2.75) is 12.2 Å². The number of quaternary nitrogens is 2. The van der Waals surface area contributed by atoms with Crippen molar-refractivity contribution in [2.24, 2.45) is 0 Å². The largest absolute Gasteiger partial charge is 1.00 e.